The Morgan fingerprint density at radius 1 is 1.08 bits per heavy atom. The van der Waals surface area contributed by atoms with Gasteiger partial charge in [-0.05, 0) is 55.3 Å². The zero-order chi connectivity index (χ0) is 26.5. The van der Waals surface area contributed by atoms with Gasteiger partial charge in [-0.3, -0.25) is 4.79 Å². The summed E-state index contributed by atoms with van der Waals surface area (Å²) in [6, 6.07) is 22.8. The Kier molecular flexibility index (Phi) is 7.70. The Morgan fingerprint density at radius 3 is 2.53 bits per heavy atom. The highest BCUT2D eigenvalue weighted by atomic mass is 19.1. The van der Waals surface area contributed by atoms with E-state index >= 15 is 0 Å². The Balaban J connectivity index is 1.55. The van der Waals surface area contributed by atoms with E-state index < -0.39 is 5.82 Å². The van der Waals surface area contributed by atoms with Crippen LogP contribution in [0.3, 0.4) is 0 Å². The fraction of sp³-hybridized carbons (Fsp3) is 0.267. The van der Waals surface area contributed by atoms with Crippen LogP contribution in [0.2, 0.25) is 0 Å². The molecule has 38 heavy (non-hydrogen) atoms. The molecule has 0 spiro atoms. The van der Waals surface area contributed by atoms with E-state index in [1.807, 2.05) is 61.6 Å². The number of aromatic nitrogens is 2. The van der Waals surface area contributed by atoms with Crippen molar-refractivity contribution in [3.05, 3.63) is 95.8 Å². The topological polar surface area (TPSA) is 65.8 Å². The van der Waals surface area contributed by atoms with Gasteiger partial charge in [-0.1, -0.05) is 36.4 Å². The Bertz CT molecular complexity index is 1380. The number of hydrogen-bond donors (Lipinski definition) is 0. The predicted molar refractivity (Wildman–Crippen MR) is 142 cm³/mol. The Morgan fingerprint density at radius 2 is 1.84 bits per heavy atom. The first-order chi connectivity index (χ1) is 18.5. The third-order valence-electron chi connectivity index (χ3n) is 6.56. The second-order valence-electron chi connectivity index (χ2n) is 9.23. The minimum atomic E-state index is -0.456. The molecule has 196 valence electrons. The van der Waals surface area contributed by atoms with Crippen LogP contribution in [0, 0.1) is 5.82 Å². The summed E-state index contributed by atoms with van der Waals surface area (Å²) in [5.74, 6) is 1.10. The molecule has 0 N–H and O–H groups in total. The van der Waals surface area contributed by atoms with Gasteiger partial charge in [0.25, 0.3) is 5.91 Å². The first-order valence-corrected chi connectivity index (χ1v) is 12.6. The quantitative estimate of drug-likeness (QED) is 0.280. The van der Waals surface area contributed by atoms with Gasteiger partial charge in [-0.2, -0.15) is 5.10 Å². The summed E-state index contributed by atoms with van der Waals surface area (Å²) in [7, 11) is 3.42. The van der Waals surface area contributed by atoms with E-state index in [4.69, 9.17) is 19.3 Å². The fourth-order valence-corrected chi connectivity index (χ4v) is 4.65. The number of halogens is 1. The molecule has 1 atom stereocenters. The molecule has 4 aromatic rings. The molecule has 3 aromatic carbocycles. The number of nitrogens with zero attached hydrogens (tertiary/aromatic N) is 3. The molecule has 5 rings (SSSR count). The minimum absolute atomic E-state index is 0.0877. The van der Waals surface area contributed by atoms with Crippen LogP contribution in [-0.4, -0.2) is 47.0 Å². The van der Waals surface area contributed by atoms with E-state index in [0.717, 1.165) is 29.7 Å². The van der Waals surface area contributed by atoms with Crippen molar-refractivity contribution >= 4 is 5.91 Å². The zero-order valence-electron chi connectivity index (χ0n) is 21.5. The van der Waals surface area contributed by atoms with Crippen molar-refractivity contribution in [2.24, 2.45) is 7.05 Å². The van der Waals surface area contributed by atoms with Crippen molar-refractivity contribution < 1.29 is 23.4 Å². The first-order valence-electron chi connectivity index (χ1n) is 12.6. The highest BCUT2D eigenvalue weighted by Crippen LogP contribution is 2.35. The lowest BCUT2D eigenvalue weighted by Gasteiger charge is -2.26. The summed E-state index contributed by atoms with van der Waals surface area (Å²) < 4.78 is 33.2. The van der Waals surface area contributed by atoms with E-state index in [-0.39, 0.29) is 24.1 Å². The molecule has 2 heterocycles. The molecule has 0 unspecified atom stereocenters. The van der Waals surface area contributed by atoms with Crippen LogP contribution in [0.5, 0.6) is 17.4 Å². The molecule has 1 amide bonds. The summed E-state index contributed by atoms with van der Waals surface area (Å²) in [6.45, 7) is 1.25. The summed E-state index contributed by atoms with van der Waals surface area (Å²) in [4.78, 5) is 15.4. The summed E-state index contributed by atoms with van der Waals surface area (Å²) in [5, 5.41) is 4.78. The highest BCUT2D eigenvalue weighted by molar-refractivity contribution is 5.94. The van der Waals surface area contributed by atoms with Gasteiger partial charge in [0.05, 0.1) is 25.3 Å². The molecule has 1 fully saturated rings. The molecule has 0 bridgehead atoms. The lowest BCUT2D eigenvalue weighted by Crippen LogP contribution is -2.37. The van der Waals surface area contributed by atoms with E-state index in [1.165, 1.54) is 12.1 Å². The Labute approximate surface area is 221 Å². The van der Waals surface area contributed by atoms with Crippen molar-refractivity contribution in [1.82, 2.24) is 14.7 Å². The second-order valence-corrected chi connectivity index (χ2v) is 9.23. The first kappa shape index (κ1) is 25.5. The molecule has 1 aromatic heterocycles. The van der Waals surface area contributed by atoms with Crippen LogP contribution in [0.25, 0.3) is 11.3 Å². The zero-order valence-corrected chi connectivity index (χ0v) is 21.5. The molecule has 0 saturated carbocycles. The van der Waals surface area contributed by atoms with Crippen molar-refractivity contribution in [2.75, 3.05) is 20.3 Å². The molecular formula is C30H30FN3O4. The number of carbonyl (C=O) groups excluding carboxylic acids is 1. The van der Waals surface area contributed by atoms with E-state index in [2.05, 4.69) is 0 Å². The van der Waals surface area contributed by atoms with Gasteiger partial charge in [-0.25, -0.2) is 9.07 Å². The van der Waals surface area contributed by atoms with Crippen molar-refractivity contribution in [3.63, 3.8) is 0 Å². The van der Waals surface area contributed by atoms with E-state index in [0.29, 0.717) is 30.5 Å². The second kappa shape index (κ2) is 11.5. The van der Waals surface area contributed by atoms with Gasteiger partial charge in [0, 0.05) is 31.3 Å². The normalized spacial score (nSPS) is 14.9. The fourth-order valence-electron chi connectivity index (χ4n) is 4.65. The summed E-state index contributed by atoms with van der Waals surface area (Å²) in [6.07, 6.45) is 1.72. The molecule has 0 aliphatic carbocycles. The van der Waals surface area contributed by atoms with Gasteiger partial charge < -0.3 is 19.1 Å². The summed E-state index contributed by atoms with van der Waals surface area (Å²) in [5.41, 5.74) is 2.64. The molecule has 7 nitrogen and oxygen atoms in total. The maximum Gasteiger partial charge on any atom is 0.254 e. The third-order valence-corrected chi connectivity index (χ3v) is 6.56. The summed E-state index contributed by atoms with van der Waals surface area (Å²) >= 11 is 0. The van der Waals surface area contributed by atoms with Gasteiger partial charge in [0.15, 0.2) is 0 Å². The van der Waals surface area contributed by atoms with E-state index in [1.54, 1.807) is 28.8 Å². The van der Waals surface area contributed by atoms with Crippen molar-refractivity contribution in [1.29, 1.82) is 0 Å². The number of hydrogen-bond acceptors (Lipinski definition) is 5. The molecule has 0 radical (unpaired) electrons. The SMILES string of the molecule is COc1ccc(Oc2c(CN(C[C@H]3CCCO3)C(=O)c3cccc(F)c3)c(-c3ccccc3)nn2C)cc1. The monoisotopic (exact) mass is 515 g/mol. The van der Waals surface area contributed by atoms with Crippen molar-refractivity contribution in [2.45, 2.75) is 25.5 Å². The third kappa shape index (κ3) is 5.70. The van der Waals surface area contributed by atoms with Crippen molar-refractivity contribution in [3.8, 4) is 28.6 Å². The number of aryl methyl sites for hydroxylation is 1. The Hall–Kier alpha value is -4.17. The number of rotatable bonds is 9. The number of carbonyl (C=O) groups is 1. The maximum atomic E-state index is 14.0. The highest BCUT2D eigenvalue weighted by Gasteiger charge is 2.28. The van der Waals surface area contributed by atoms with Crippen LogP contribution >= 0.6 is 0 Å². The van der Waals surface area contributed by atoms with Crippen LogP contribution < -0.4 is 9.47 Å². The van der Waals surface area contributed by atoms with Crippen LogP contribution in [0.4, 0.5) is 4.39 Å². The van der Waals surface area contributed by atoms with Crippen LogP contribution in [-0.2, 0) is 18.3 Å². The van der Waals surface area contributed by atoms with Gasteiger partial charge in [0.1, 0.15) is 23.0 Å². The van der Waals surface area contributed by atoms with Crippen LogP contribution in [0.1, 0.15) is 28.8 Å². The number of amides is 1. The number of benzene rings is 3. The lowest BCUT2D eigenvalue weighted by atomic mass is 10.1. The number of methoxy groups -OCH3 is 1. The molecule has 1 aliphatic heterocycles. The minimum Gasteiger partial charge on any atom is -0.497 e. The average molecular weight is 516 g/mol. The van der Waals surface area contributed by atoms with E-state index in [9.17, 15) is 9.18 Å². The maximum absolute atomic E-state index is 14.0. The average Bonchev–Trinajstić information content (AvgIpc) is 3.57. The standard InChI is InChI=1S/C30H30FN3O4/c1-33-30(38-25-15-13-24(36-2)14-16-25)27(28(32-33)21-8-4-3-5-9-21)20-34(19-26-12-7-17-37-26)29(35)22-10-6-11-23(31)18-22/h3-6,8-11,13-16,18,26H,7,12,17,19-20H2,1-2H3/t26-/m1/s1. The van der Waals surface area contributed by atoms with Gasteiger partial charge >= 0.3 is 0 Å². The van der Waals surface area contributed by atoms with Gasteiger partial charge in [-0.15, -0.1) is 0 Å². The predicted octanol–water partition coefficient (Wildman–Crippen LogP) is 5.85. The molecule has 8 heteroatoms. The largest absolute Gasteiger partial charge is 0.497 e. The molecular weight excluding hydrogens is 485 g/mol. The van der Waals surface area contributed by atoms with Gasteiger partial charge in [0.2, 0.25) is 5.88 Å². The smallest absolute Gasteiger partial charge is 0.254 e. The molecule has 1 aliphatic rings. The lowest BCUT2D eigenvalue weighted by molar-refractivity contribution is 0.0506. The number of ether oxygens (including phenoxy) is 3. The molecule has 1 saturated heterocycles. The van der Waals surface area contributed by atoms with Crippen LogP contribution in [0.15, 0.2) is 78.9 Å².